The molecule has 0 spiro atoms. The number of amides is 1. The fourth-order valence-electron chi connectivity index (χ4n) is 4.18. The van der Waals surface area contributed by atoms with Crippen molar-refractivity contribution in [3.05, 3.63) is 101 Å². The van der Waals surface area contributed by atoms with E-state index in [0.29, 0.717) is 29.1 Å². The number of hydrogen-bond donors (Lipinski definition) is 2. The van der Waals surface area contributed by atoms with Gasteiger partial charge in [-0.3, -0.25) is 9.10 Å². The highest BCUT2D eigenvalue weighted by Gasteiger charge is 2.21. The molecule has 1 heterocycles. The molecule has 0 saturated heterocycles. The molecule has 8 nitrogen and oxygen atoms in total. The highest BCUT2D eigenvalue weighted by atomic mass is 32.2. The molecule has 3 aromatic carbocycles. The second-order valence-electron chi connectivity index (χ2n) is 9.67. The van der Waals surface area contributed by atoms with E-state index in [4.69, 9.17) is 10.3 Å². The van der Waals surface area contributed by atoms with Gasteiger partial charge in [-0.2, -0.15) is 0 Å². The molecule has 39 heavy (non-hydrogen) atoms. The number of hydrogen-bond acceptors (Lipinski definition) is 6. The van der Waals surface area contributed by atoms with Gasteiger partial charge in [-0.05, 0) is 60.9 Å². The molecule has 3 N–H and O–H groups in total. The molecule has 0 unspecified atom stereocenters. The van der Waals surface area contributed by atoms with Crippen LogP contribution in [0.25, 0.3) is 11.3 Å². The van der Waals surface area contributed by atoms with Gasteiger partial charge in [0.05, 0.1) is 23.7 Å². The number of halogens is 1. The Labute approximate surface area is 227 Å². The lowest BCUT2D eigenvalue weighted by Gasteiger charge is -2.19. The number of rotatable bonds is 9. The van der Waals surface area contributed by atoms with Crippen LogP contribution in [0, 0.1) is 5.82 Å². The maximum atomic E-state index is 13.3. The lowest BCUT2D eigenvalue weighted by atomic mass is 9.96. The molecular formula is C29H31FN4O4S. The van der Waals surface area contributed by atoms with Crippen LogP contribution in [0.1, 0.15) is 53.0 Å². The minimum atomic E-state index is -3.61. The number of para-hydroxylation sites is 1. The van der Waals surface area contributed by atoms with Crippen LogP contribution < -0.4 is 15.4 Å². The topological polar surface area (TPSA) is 119 Å². The van der Waals surface area contributed by atoms with E-state index in [1.807, 2.05) is 31.2 Å². The number of nitrogens with zero attached hydrogens (tertiary/aromatic N) is 2. The van der Waals surface area contributed by atoms with E-state index < -0.39 is 22.0 Å². The average Bonchev–Trinajstić information content (AvgIpc) is 3.40. The van der Waals surface area contributed by atoms with Crippen molar-refractivity contribution >= 4 is 27.3 Å². The van der Waals surface area contributed by atoms with E-state index in [9.17, 15) is 17.6 Å². The van der Waals surface area contributed by atoms with Crippen molar-refractivity contribution in [3.8, 4) is 11.3 Å². The van der Waals surface area contributed by atoms with Crippen molar-refractivity contribution in [2.45, 2.75) is 32.2 Å². The minimum absolute atomic E-state index is 0.00611. The van der Waals surface area contributed by atoms with Gasteiger partial charge >= 0.3 is 0 Å². The van der Waals surface area contributed by atoms with Crippen LogP contribution in [0.4, 0.5) is 15.8 Å². The number of anilines is 2. The third-order valence-corrected chi connectivity index (χ3v) is 7.86. The summed E-state index contributed by atoms with van der Waals surface area (Å²) in [5.41, 5.74) is 10.2. The molecule has 0 saturated carbocycles. The summed E-state index contributed by atoms with van der Waals surface area (Å²) < 4.78 is 44.6. The first-order valence-electron chi connectivity index (χ1n) is 12.4. The minimum Gasteiger partial charge on any atom is -0.399 e. The van der Waals surface area contributed by atoms with Gasteiger partial charge < -0.3 is 15.6 Å². The van der Waals surface area contributed by atoms with Crippen LogP contribution in [0.2, 0.25) is 0 Å². The van der Waals surface area contributed by atoms with Crippen LogP contribution in [-0.2, 0) is 16.4 Å². The Balaban J connectivity index is 1.65. The monoisotopic (exact) mass is 550 g/mol. The predicted octanol–water partition coefficient (Wildman–Crippen LogP) is 5.30. The van der Waals surface area contributed by atoms with Gasteiger partial charge in [-0.1, -0.05) is 42.4 Å². The lowest BCUT2D eigenvalue weighted by molar-refractivity contribution is 0.0940. The lowest BCUT2D eigenvalue weighted by Crippen LogP contribution is -2.28. The first-order valence-corrected chi connectivity index (χ1v) is 14.2. The van der Waals surface area contributed by atoms with Crippen molar-refractivity contribution in [1.82, 2.24) is 10.5 Å². The number of carbonyl (C=O) groups is 1. The maximum absolute atomic E-state index is 13.3. The normalized spacial score (nSPS) is 13.1. The second-order valence-corrected chi connectivity index (χ2v) is 11.7. The molecule has 2 atom stereocenters. The van der Waals surface area contributed by atoms with Crippen LogP contribution in [0.15, 0.2) is 77.3 Å². The van der Waals surface area contributed by atoms with Crippen LogP contribution in [0.3, 0.4) is 0 Å². The summed E-state index contributed by atoms with van der Waals surface area (Å²) in [7, 11) is -2.19. The number of aromatic nitrogens is 1. The molecule has 0 aliphatic rings. The van der Waals surface area contributed by atoms with Gasteiger partial charge in [0.25, 0.3) is 5.91 Å². The van der Waals surface area contributed by atoms with Crippen LogP contribution in [-0.4, -0.2) is 32.8 Å². The summed E-state index contributed by atoms with van der Waals surface area (Å²) in [6.45, 7) is 3.79. The Morgan fingerprint density at radius 1 is 1.08 bits per heavy atom. The first-order chi connectivity index (χ1) is 18.4. The molecule has 0 bridgehead atoms. The molecule has 0 radical (unpaired) electrons. The van der Waals surface area contributed by atoms with Gasteiger partial charge in [0.15, 0.2) is 5.76 Å². The number of carbonyl (C=O) groups excluding carboxylic acids is 1. The largest absolute Gasteiger partial charge is 0.399 e. The summed E-state index contributed by atoms with van der Waals surface area (Å²) in [5.74, 6) is -0.411. The predicted molar refractivity (Wildman–Crippen MR) is 150 cm³/mol. The van der Waals surface area contributed by atoms with E-state index >= 15 is 0 Å². The number of nitrogen functional groups attached to an aromatic ring is 1. The van der Waals surface area contributed by atoms with E-state index in [1.165, 1.54) is 25.2 Å². The number of nitrogens with two attached hydrogens (primary N) is 1. The number of nitrogens with one attached hydrogen (secondary N) is 1. The van der Waals surface area contributed by atoms with Crippen LogP contribution >= 0.6 is 0 Å². The molecule has 1 amide bonds. The zero-order chi connectivity index (χ0) is 28.3. The molecular weight excluding hydrogens is 519 g/mol. The number of sulfonamides is 1. The van der Waals surface area contributed by atoms with Crippen molar-refractivity contribution in [1.29, 1.82) is 0 Å². The maximum Gasteiger partial charge on any atom is 0.251 e. The Morgan fingerprint density at radius 3 is 2.44 bits per heavy atom. The fourth-order valence-corrected chi connectivity index (χ4v) is 4.67. The molecule has 204 valence electrons. The van der Waals surface area contributed by atoms with Gasteiger partial charge in [0, 0.05) is 35.8 Å². The molecule has 0 aliphatic heterocycles. The van der Waals surface area contributed by atoms with Crippen molar-refractivity contribution in [2.75, 3.05) is 23.3 Å². The Bertz CT molecular complexity index is 1590. The van der Waals surface area contributed by atoms with Crippen molar-refractivity contribution < 1.29 is 22.1 Å². The van der Waals surface area contributed by atoms with Gasteiger partial charge in [0.1, 0.15) is 5.82 Å². The first kappa shape index (κ1) is 27.8. The zero-order valence-corrected chi connectivity index (χ0v) is 23.0. The Morgan fingerprint density at radius 2 is 1.77 bits per heavy atom. The molecule has 10 heteroatoms. The summed E-state index contributed by atoms with van der Waals surface area (Å²) >= 11 is 0. The standard InChI is InChI=1S/C29H31FN4O4S/c1-18(13-21-7-5-6-8-26(21)31)27-17-28(38-33-27)22-14-23(16-25(15-22)34(3)39(4,36)37)29(35)32-19(2)20-9-11-24(30)12-10-20/h5-12,14-19H,13,31H2,1-4H3,(H,32,35)/t18-,19-/m1/s1. The Hall–Kier alpha value is -4.18. The van der Waals surface area contributed by atoms with E-state index in [1.54, 1.807) is 37.3 Å². The molecule has 0 fully saturated rings. The summed E-state index contributed by atoms with van der Waals surface area (Å²) in [6, 6.07) is 19.6. The van der Waals surface area contributed by atoms with E-state index in [0.717, 1.165) is 21.7 Å². The van der Waals surface area contributed by atoms with Gasteiger partial charge in [0.2, 0.25) is 10.0 Å². The SMILES string of the molecule is C[C@H](Cc1ccccc1N)c1cc(-c2cc(C(=O)N[C@H](C)c3ccc(F)cc3)cc(N(C)S(C)(=O)=O)c2)on1. The molecule has 4 rings (SSSR count). The second kappa shape index (κ2) is 11.3. The third kappa shape index (κ3) is 6.64. The third-order valence-electron chi connectivity index (χ3n) is 6.66. The van der Waals surface area contributed by atoms with Crippen LogP contribution in [0.5, 0.6) is 0 Å². The average molecular weight is 551 g/mol. The van der Waals surface area contributed by atoms with E-state index in [2.05, 4.69) is 10.5 Å². The fraction of sp³-hybridized carbons (Fsp3) is 0.241. The summed E-state index contributed by atoms with van der Waals surface area (Å²) in [5, 5.41) is 7.12. The smallest absolute Gasteiger partial charge is 0.251 e. The molecule has 4 aromatic rings. The summed E-state index contributed by atoms with van der Waals surface area (Å²) in [6.07, 6.45) is 1.74. The molecule has 1 aromatic heterocycles. The quantitative estimate of drug-likeness (QED) is 0.273. The number of benzene rings is 3. The van der Waals surface area contributed by atoms with Crippen molar-refractivity contribution in [3.63, 3.8) is 0 Å². The van der Waals surface area contributed by atoms with Crippen molar-refractivity contribution in [2.24, 2.45) is 0 Å². The highest BCUT2D eigenvalue weighted by molar-refractivity contribution is 7.92. The van der Waals surface area contributed by atoms with Gasteiger partial charge in [-0.15, -0.1) is 0 Å². The molecule has 0 aliphatic carbocycles. The Kier molecular flexibility index (Phi) is 8.06. The summed E-state index contributed by atoms with van der Waals surface area (Å²) in [4.78, 5) is 13.2. The highest BCUT2D eigenvalue weighted by Crippen LogP contribution is 2.31. The zero-order valence-electron chi connectivity index (χ0n) is 22.2. The van der Waals surface area contributed by atoms with E-state index in [-0.39, 0.29) is 23.0 Å². The van der Waals surface area contributed by atoms with Gasteiger partial charge in [-0.25, -0.2) is 12.8 Å².